The molecule has 0 saturated carbocycles. The zero-order valence-electron chi connectivity index (χ0n) is 17.0. The molecule has 0 atom stereocenters. The second-order valence-corrected chi connectivity index (χ2v) is 7.71. The van der Waals surface area contributed by atoms with Gasteiger partial charge in [-0.25, -0.2) is 8.78 Å². The van der Waals surface area contributed by atoms with E-state index in [1.54, 1.807) is 19.1 Å². The molecular weight excluding hydrogens is 388 g/mol. The third kappa shape index (κ3) is 4.57. The summed E-state index contributed by atoms with van der Waals surface area (Å²) in [6.45, 7) is 3.80. The van der Waals surface area contributed by atoms with Crippen LogP contribution < -0.4 is 5.32 Å². The molecule has 0 spiro atoms. The van der Waals surface area contributed by atoms with E-state index in [0.29, 0.717) is 42.5 Å². The fraction of sp³-hybridized carbons (Fsp3) is 0.391. The number of aromatic nitrogens is 2. The van der Waals surface area contributed by atoms with E-state index in [9.17, 15) is 8.78 Å². The molecule has 1 aliphatic rings. The smallest absolute Gasteiger partial charge is 0.227 e. The topological polar surface area (TPSA) is 60.2 Å². The van der Waals surface area contributed by atoms with Gasteiger partial charge in [-0.3, -0.25) is 0 Å². The predicted molar refractivity (Wildman–Crippen MR) is 109 cm³/mol. The van der Waals surface area contributed by atoms with Crippen molar-refractivity contribution in [2.75, 3.05) is 19.8 Å². The van der Waals surface area contributed by atoms with Crippen molar-refractivity contribution in [2.24, 2.45) is 0 Å². The van der Waals surface area contributed by atoms with Crippen LogP contribution >= 0.6 is 0 Å². The minimum Gasteiger partial charge on any atom is -0.381 e. The molecular formula is C23H25F2N3O2. The molecule has 0 radical (unpaired) electrons. The van der Waals surface area contributed by atoms with Crippen LogP contribution in [0.2, 0.25) is 0 Å². The van der Waals surface area contributed by atoms with Crippen LogP contribution in [0.1, 0.15) is 36.3 Å². The minimum absolute atomic E-state index is 0.217. The fourth-order valence-electron chi connectivity index (χ4n) is 3.83. The number of hydrogen-bond donors (Lipinski definition) is 1. The van der Waals surface area contributed by atoms with Gasteiger partial charge in [0.1, 0.15) is 11.6 Å². The summed E-state index contributed by atoms with van der Waals surface area (Å²) in [5, 5.41) is 7.62. The SMILES string of the molecule is Cc1ccc(-c2noc(CCCNC3(c4ccc(F)cc4)CCOCC3)n2)cc1F. The zero-order chi connectivity index (χ0) is 21.0. The molecule has 0 unspecified atom stereocenters. The maximum absolute atomic E-state index is 13.8. The Balaban J connectivity index is 1.36. The number of hydrogen-bond acceptors (Lipinski definition) is 5. The normalized spacial score (nSPS) is 16.0. The second-order valence-electron chi connectivity index (χ2n) is 7.71. The zero-order valence-corrected chi connectivity index (χ0v) is 17.0. The van der Waals surface area contributed by atoms with Gasteiger partial charge in [0.25, 0.3) is 0 Å². The largest absolute Gasteiger partial charge is 0.381 e. The molecule has 2 heterocycles. The predicted octanol–water partition coefficient (Wildman–Crippen LogP) is 4.55. The molecule has 1 saturated heterocycles. The van der Waals surface area contributed by atoms with Crippen LogP contribution in [-0.4, -0.2) is 29.9 Å². The van der Waals surface area contributed by atoms with Crippen molar-refractivity contribution in [3.8, 4) is 11.4 Å². The first kappa shape index (κ1) is 20.6. The van der Waals surface area contributed by atoms with Gasteiger partial charge in [-0.05, 0) is 62.1 Å². The Kier molecular flexibility index (Phi) is 6.20. The number of ether oxygens (including phenoxy) is 1. The van der Waals surface area contributed by atoms with Crippen LogP contribution in [0.25, 0.3) is 11.4 Å². The van der Waals surface area contributed by atoms with Crippen LogP contribution in [0.4, 0.5) is 8.78 Å². The number of nitrogens with one attached hydrogen (secondary N) is 1. The molecule has 5 nitrogen and oxygen atoms in total. The highest BCUT2D eigenvalue weighted by Gasteiger charge is 2.33. The van der Waals surface area contributed by atoms with E-state index in [0.717, 1.165) is 31.4 Å². The molecule has 3 aromatic rings. The summed E-state index contributed by atoms with van der Waals surface area (Å²) in [6.07, 6.45) is 3.09. The van der Waals surface area contributed by atoms with Crippen LogP contribution in [0.5, 0.6) is 0 Å². The van der Waals surface area contributed by atoms with E-state index in [1.165, 1.54) is 18.2 Å². The molecule has 0 aliphatic carbocycles. The van der Waals surface area contributed by atoms with Crippen molar-refractivity contribution in [1.82, 2.24) is 15.5 Å². The van der Waals surface area contributed by atoms with Gasteiger partial charge < -0.3 is 14.6 Å². The Labute approximate surface area is 174 Å². The average molecular weight is 413 g/mol. The number of aryl methyl sites for hydroxylation is 2. The Morgan fingerprint density at radius 1 is 1.07 bits per heavy atom. The van der Waals surface area contributed by atoms with E-state index < -0.39 is 0 Å². The van der Waals surface area contributed by atoms with Gasteiger partial charge in [-0.15, -0.1) is 0 Å². The number of rotatable bonds is 7. The van der Waals surface area contributed by atoms with E-state index in [2.05, 4.69) is 15.5 Å². The lowest BCUT2D eigenvalue weighted by molar-refractivity contribution is 0.0365. The maximum Gasteiger partial charge on any atom is 0.227 e. The minimum atomic E-state index is -0.286. The van der Waals surface area contributed by atoms with Crippen molar-refractivity contribution >= 4 is 0 Å². The number of benzene rings is 2. The highest BCUT2D eigenvalue weighted by atomic mass is 19.1. The second kappa shape index (κ2) is 9.02. The number of nitrogens with zero attached hydrogens (tertiary/aromatic N) is 2. The average Bonchev–Trinajstić information content (AvgIpc) is 3.23. The molecule has 1 aliphatic heterocycles. The lowest BCUT2D eigenvalue weighted by Crippen LogP contribution is -2.47. The van der Waals surface area contributed by atoms with Crippen LogP contribution in [0.3, 0.4) is 0 Å². The molecule has 0 amide bonds. The molecule has 2 aromatic carbocycles. The lowest BCUT2D eigenvalue weighted by atomic mass is 9.82. The lowest BCUT2D eigenvalue weighted by Gasteiger charge is -2.39. The van der Waals surface area contributed by atoms with Gasteiger partial charge in [-0.1, -0.05) is 29.4 Å². The van der Waals surface area contributed by atoms with E-state index >= 15 is 0 Å². The molecule has 30 heavy (non-hydrogen) atoms. The van der Waals surface area contributed by atoms with Crippen molar-refractivity contribution in [3.05, 3.63) is 71.1 Å². The van der Waals surface area contributed by atoms with Gasteiger partial charge in [-0.2, -0.15) is 4.98 Å². The highest BCUT2D eigenvalue weighted by molar-refractivity contribution is 5.54. The molecule has 7 heteroatoms. The summed E-state index contributed by atoms with van der Waals surface area (Å²) in [6, 6.07) is 11.6. The first-order valence-corrected chi connectivity index (χ1v) is 10.2. The van der Waals surface area contributed by atoms with Crippen molar-refractivity contribution in [2.45, 2.75) is 38.1 Å². The van der Waals surface area contributed by atoms with Gasteiger partial charge in [0, 0.05) is 30.7 Å². The third-order valence-corrected chi connectivity index (χ3v) is 5.67. The van der Waals surface area contributed by atoms with E-state index in [4.69, 9.17) is 9.26 Å². The Bertz CT molecular complexity index is 982. The monoisotopic (exact) mass is 413 g/mol. The Morgan fingerprint density at radius 2 is 1.83 bits per heavy atom. The number of halogens is 2. The molecule has 4 rings (SSSR count). The summed E-state index contributed by atoms with van der Waals surface area (Å²) in [5.74, 6) is 0.395. The van der Waals surface area contributed by atoms with Crippen LogP contribution in [-0.2, 0) is 16.7 Å². The van der Waals surface area contributed by atoms with Gasteiger partial charge >= 0.3 is 0 Å². The summed E-state index contributed by atoms with van der Waals surface area (Å²) in [4.78, 5) is 4.39. The fourth-order valence-corrected chi connectivity index (χ4v) is 3.83. The van der Waals surface area contributed by atoms with Crippen LogP contribution in [0, 0.1) is 18.6 Å². The molecule has 1 N–H and O–H groups in total. The van der Waals surface area contributed by atoms with Gasteiger partial charge in [0.05, 0.1) is 0 Å². The highest BCUT2D eigenvalue weighted by Crippen LogP contribution is 2.32. The van der Waals surface area contributed by atoms with Crippen LogP contribution in [0.15, 0.2) is 47.0 Å². The molecule has 0 bridgehead atoms. The Hall–Kier alpha value is -2.64. The summed E-state index contributed by atoms with van der Waals surface area (Å²) in [5.41, 5.74) is 2.04. The molecule has 1 aromatic heterocycles. The first-order valence-electron chi connectivity index (χ1n) is 10.2. The molecule has 1 fully saturated rings. The summed E-state index contributed by atoms with van der Waals surface area (Å²) in [7, 11) is 0. The van der Waals surface area contributed by atoms with Crippen molar-refractivity contribution in [3.63, 3.8) is 0 Å². The van der Waals surface area contributed by atoms with Crippen molar-refractivity contribution in [1.29, 1.82) is 0 Å². The van der Waals surface area contributed by atoms with E-state index in [1.807, 2.05) is 12.1 Å². The van der Waals surface area contributed by atoms with Gasteiger partial charge in [0.2, 0.25) is 11.7 Å². The maximum atomic E-state index is 13.8. The van der Waals surface area contributed by atoms with E-state index in [-0.39, 0.29) is 17.2 Å². The van der Waals surface area contributed by atoms with Crippen molar-refractivity contribution < 1.29 is 18.0 Å². The first-order chi connectivity index (χ1) is 14.6. The Morgan fingerprint density at radius 3 is 2.57 bits per heavy atom. The third-order valence-electron chi connectivity index (χ3n) is 5.67. The molecule has 158 valence electrons. The summed E-state index contributed by atoms with van der Waals surface area (Å²) < 4.78 is 38.0. The summed E-state index contributed by atoms with van der Waals surface area (Å²) >= 11 is 0. The van der Waals surface area contributed by atoms with Gasteiger partial charge in [0.15, 0.2) is 0 Å². The standard InChI is InChI=1S/C23H25F2N3O2/c1-16-4-5-17(15-20(16)25)22-27-21(30-28-22)3-2-12-26-23(10-13-29-14-11-23)18-6-8-19(24)9-7-18/h4-9,15,26H,2-3,10-14H2,1H3. The quantitative estimate of drug-likeness (QED) is 0.576.